The van der Waals surface area contributed by atoms with Gasteiger partial charge >= 0.3 is 5.97 Å². The third-order valence-electron chi connectivity index (χ3n) is 1.80. The largest absolute Gasteiger partial charge is 0.478 e. The van der Waals surface area contributed by atoms with E-state index in [1.807, 2.05) is 6.08 Å². The molecule has 0 radical (unpaired) electrons. The zero-order chi connectivity index (χ0) is 11.7. The van der Waals surface area contributed by atoms with Crippen molar-refractivity contribution in [3.63, 3.8) is 0 Å². The Morgan fingerprint density at radius 2 is 1.87 bits per heavy atom. The smallest absolute Gasteiger partial charge is 0.333 e. The molecular formula is C12H17NO2. The molecule has 0 rings (SSSR count). The van der Waals surface area contributed by atoms with Crippen LogP contribution < -0.4 is 5.73 Å². The maximum atomic E-state index is 10.9. The average molecular weight is 207 g/mol. The molecule has 0 aliphatic rings. The van der Waals surface area contributed by atoms with E-state index in [0.29, 0.717) is 18.5 Å². The summed E-state index contributed by atoms with van der Waals surface area (Å²) in [5.74, 6) is -0.974. The number of carbonyl (C=O) groups is 1. The van der Waals surface area contributed by atoms with Crippen molar-refractivity contribution in [2.75, 3.05) is 0 Å². The van der Waals surface area contributed by atoms with Gasteiger partial charge in [0.1, 0.15) is 0 Å². The summed E-state index contributed by atoms with van der Waals surface area (Å²) >= 11 is 0. The Hall–Kier alpha value is -1.77. The maximum absolute atomic E-state index is 10.9. The van der Waals surface area contributed by atoms with Crippen LogP contribution in [0.15, 0.2) is 48.7 Å². The van der Waals surface area contributed by atoms with Crippen LogP contribution in [0, 0.1) is 0 Å². The lowest BCUT2D eigenvalue weighted by atomic mass is 10.1. The number of carboxylic acids is 1. The standard InChI is InChI=1S/C12H17NO2/c1-3-5-6-7-9-10(12(14)15)11(13)8-4-2/h3-4,6-7H,1-2,5,8-9,13H2,(H,14,15). The molecule has 0 heterocycles. The van der Waals surface area contributed by atoms with Crippen LogP contribution in [-0.2, 0) is 4.79 Å². The van der Waals surface area contributed by atoms with Crippen molar-refractivity contribution in [1.29, 1.82) is 0 Å². The molecule has 0 amide bonds. The van der Waals surface area contributed by atoms with Crippen molar-refractivity contribution >= 4 is 5.97 Å². The summed E-state index contributed by atoms with van der Waals surface area (Å²) in [4.78, 5) is 10.9. The second-order valence-corrected chi connectivity index (χ2v) is 3.00. The molecule has 3 heteroatoms. The van der Waals surface area contributed by atoms with Crippen LogP contribution >= 0.6 is 0 Å². The zero-order valence-corrected chi connectivity index (χ0v) is 8.78. The summed E-state index contributed by atoms with van der Waals surface area (Å²) < 4.78 is 0. The first kappa shape index (κ1) is 13.2. The first-order valence-electron chi connectivity index (χ1n) is 4.71. The Morgan fingerprint density at radius 1 is 1.20 bits per heavy atom. The first-order valence-corrected chi connectivity index (χ1v) is 4.71. The molecule has 0 aromatic carbocycles. The zero-order valence-electron chi connectivity index (χ0n) is 8.78. The Bertz CT molecular complexity index is 301. The number of rotatable bonds is 7. The Labute approximate surface area is 90.3 Å². The minimum atomic E-state index is -0.974. The number of nitrogens with two attached hydrogens (primary N) is 1. The van der Waals surface area contributed by atoms with Gasteiger partial charge in [0.15, 0.2) is 0 Å². The van der Waals surface area contributed by atoms with E-state index in [1.165, 1.54) is 0 Å². The number of carboxylic acid groups (broad SMARTS) is 1. The molecule has 3 nitrogen and oxygen atoms in total. The summed E-state index contributed by atoms with van der Waals surface area (Å²) in [6.07, 6.45) is 8.44. The van der Waals surface area contributed by atoms with Crippen LogP contribution in [0.1, 0.15) is 19.3 Å². The van der Waals surface area contributed by atoms with Crippen LogP contribution in [0.5, 0.6) is 0 Å². The fourth-order valence-corrected chi connectivity index (χ4v) is 1.03. The lowest BCUT2D eigenvalue weighted by molar-refractivity contribution is -0.132. The fraction of sp³-hybridized carbons (Fsp3) is 0.250. The maximum Gasteiger partial charge on any atom is 0.333 e. The van der Waals surface area contributed by atoms with Crippen LogP contribution in [0.2, 0.25) is 0 Å². The number of hydrogen-bond acceptors (Lipinski definition) is 2. The average Bonchev–Trinajstić information content (AvgIpc) is 2.17. The minimum Gasteiger partial charge on any atom is -0.478 e. The lowest BCUT2D eigenvalue weighted by Crippen LogP contribution is -2.09. The van der Waals surface area contributed by atoms with Gasteiger partial charge in [-0.1, -0.05) is 24.3 Å². The number of hydrogen-bond donors (Lipinski definition) is 2. The van der Waals surface area contributed by atoms with Crippen LogP contribution in [0.25, 0.3) is 0 Å². The normalized spacial score (nSPS) is 12.3. The van der Waals surface area contributed by atoms with Gasteiger partial charge in [-0.25, -0.2) is 4.79 Å². The number of aliphatic carboxylic acids is 1. The van der Waals surface area contributed by atoms with Crippen LogP contribution in [-0.4, -0.2) is 11.1 Å². The van der Waals surface area contributed by atoms with Crippen molar-refractivity contribution in [3.8, 4) is 0 Å². The predicted octanol–water partition coefficient (Wildman–Crippen LogP) is 2.38. The Morgan fingerprint density at radius 3 is 2.33 bits per heavy atom. The molecular weight excluding hydrogens is 190 g/mol. The quantitative estimate of drug-likeness (QED) is 0.497. The first-order chi connectivity index (χ1) is 7.13. The summed E-state index contributed by atoms with van der Waals surface area (Å²) in [6.45, 7) is 7.07. The summed E-state index contributed by atoms with van der Waals surface area (Å²) in [7, 11) is 0. The SMILES string of the molecule is C=CCC=CCC(C(=O)O)=C(N)CC=C. The Kier molecular flexibility index (Phi) is 6.72. The van der Waals surface area contributed by atoms with Crippen molar-refractivity contribution < 1.29 is 9.90 Å². The van der Waals surface area contributed by atoms with E-state index in [0.717, 1.165) is 6.42 Å². The molecule has 0 aromatic rings. The highest BCUT2D eigenvalue weighted by molar-refractivity contribution is 5.87. The molecule has 0 saturated carbocycles. The van der Waals surface area contributed by atoms with Gasteiger partial charge in [0.2, 0.25) is 0 Å². The molecule has 3 N–H and O–H groups in total. The van der Waals surface area contributed by atoms with Gasteiger partial charge in [-0.3, -0.25) is 0 Å². The van der Waals surface area contributed by atoms with Gasteiger partial charge in [-0.05, 0) is 12.8 Å². The molecule has 0 aromatic heterocycles. The summed E-state index contributed by atoms with van der Waals surface area (Å²) in [5, 5.41) is 8.90. The molecule has 0 aliphatic heterocycles. The van der Waals surface area contributed by atoms with Gasteiger partial charge in [-0.2, -0.15) is 0 Å². The van der Waals surface area contributed by atoms with Crippen molar-refractivity contribution in [2.45, 2.75) is 19.3 Å². The van der Waals surface area contributed by atoms with E-state index in [1.54, 1.807) is 18.2 Å². The second kappa shape index (κ2) is 7.62. The molecule has 0 atom stereocenters. The van der Waals surface area contributed by atoms with E-state index in [4.69, 9.17) is 10.8 Å². The van der Waals surface area contributed by atoms with Crippen LogP contribution in [0.4, 0.5) is 0 Å². The van der Waals surface area contributed by atoms with Crippen molar-refractivity contribution in [2.24, 2.45) is 5.73 Å². The van der Waals surface area contributed by atoms with Gasteiger partial charge in [0.25, 0.3) is 0 Å². The van der Waals surface area contributed by atoms with E-state index >= 15 is 0 Å². The highest BCUT2D eigenvalue weighted by Crippen LogP contribution is 2.10. The highest BCUT2D eigenvalue weighted by Gasteiger charge is 2.09. The third-order valence-corrected chi connectivity index (χ3v) is 1.80. The molecule has 0 fully saturated rings. The van der Waals surface area contributed by atoms with Gasteiger partial charge in [-0.15, -0.1) is 13.2 Å². The molecule has 0 unspecified atom stereocenters. The fourth-order valence-electron chi connectivity index (χ4n) is 1.03. The van der Waals surface area contributed by atoms with Crippen molar-refractivity contribution in [1.82, 2.24) is 0 Å². The van der Waals surface area contributed by atoms with Gasteiger partial charge < -0.3 is 10.8 Å². The van der Waals surface area contributed by atoms with Gasteiger partial charge in [0.05, 0.1) is 5.57 Å². The van der Waals surface area contributed by atoms with Gasteiger partial charge in [0, 0.05) is 12.1 Å². The van der Waals surface area contributed by atoms with Crippen LogP contribution in [0.3, 0.4) is 0 Å². The molecule has 0 saturated heterocycles. The lowest BCUT2D eigenvalue weighted by Gasteiger charge is -2.03. The van der Waals surface area contributed by atoms with E-state index in [9.17, 15) is 4.79 Å². The van der Waals surface area contributed by atoms with Crippen molar-refractivity contribution in [3.05, 3.63) is 48.7 Å². The molecule has 0 aliphatic carbocycles. The third kappa shape index (κ3) is 5.52. The highest BCUT2D eigenvalue weighted by atomic mass is 16.4. The molecule has 82 valence electrons. The minimum absolute atomic E-state index is 0.232. The van der Waals surface area contributed by atoms with E-state index in [-0.39, 0.29) is 5.57 Å². The Balaban J connectivity index is 4.53. The topological polar surface area (TPSA) is 63.3 Å². The molecule has 15 heavy (non-hydrogen) atoms. The number of allylic oxidation sites excluding steroid dienone is 4. The summed E-state index contributed by atoms with van der Waals surface area (Å²) in [5.41, 5.74) is 6.21. The monoisotopic (exact) mass is 207 g/mol. The van der Waals surface area contributed by atoms with E-state index < -0.39 is 5.97 Å². The van der Waals surface area contributed by atoms with E-state index in [2.05, 4.69) is 13.2 Å². The predicted molar refractivity (Wildman–Crippen MR) is 62.2 cm³/mol. The molecule has 0 bridgehead atoms. The second-order valence-electron chi connectivity index (χ2n) is 3.00. The summed E-state index contributed by atoms with van der Waals surface area (Å²) in [6, 6.07) is 0. The molecule has 0 spiro atoms.